The van der Waals surface area contributed by atoms with E-state index in [9.17, 15) is 13.9 Å². The first kappa shape index (κ1) is 11.2. The molecule has 0 saturated carbocycles. The van der Waals surface area contributed by atoms with Crippen LogP contribution in [0.3, 0.4) is 0 Å². The summed E-state index contributed by atoms with van der Waals surface area (Å²) in [5.74, 6) is -3.45. The van der Waals surface area contributed by atoms with Crippen molar-refractivity contribution in [3.05, 3.63) is 23.9 Å². The molecule has 0 unspecified atom stereocenters. The van der Waals surface area contributed by atoms with Crippen molar-refractivity contribution in [3.8, 4) is 22.6 Å². The van der Waals surface area contributed by atoms with E-state index >= 15 is 0 Å². The third-order valence-corrected chi connectivity index (χ3v) is 2.24. The van der Waals surface area contributed by atoms with Gasteiger partial charge in [-0.1, -0.05) is 5.16 Å². The average molecular weight is 242 g/mol. The van der Waals surface area contributed by atoms with E-state index in [0.717, 1.165) is 12.3 Å². The zero-order valence-corrected chi connectivity index (χ0v) is 8.70. The van der Waals surface area contributed by atoms with Crippen molar-refractivity contribution in [3.63, 3.8) is 0 Å². The Labute approximate surface area is 94.4 Å². The topological polar surface area (TPSA) is 81.5 Å². The molecule has 90 valence electrons. The van der Waals surface area contributed by atoms with Gasteiger partial charge in [0.2, 0.25) is 5.88 Å². The number of hydrogen-bond donors (Lipinski definition) is 2. The summed E-state index contributed by atoms with van der Waals surface area (Å²) in [4.78, 5) is 0. The van der Waals surface area contributed by atoms with Crippen molar-refractivity contribution in [1.82, 2.24) is 5.16 Å². The summed E-state index contributed by atoms with van der Waals surface area (Å²) in [6.45, 7) is 0. The number of nitrogens with two attached hydrogens (primary N) is 1. The maximum atomic E-state index is 13.9. The average Bonchev–Trinajstić information content (AvgIpc) is 2.71. The number of ether oxygens (including phenoxy) is 1. The number of methoxy groups -OCH3 is 1. The van der Waals surface area contributed by atoms with Crippen LogP contribution in [0.15, 0.2) is 16.8 Å². The fraction of sp³-hybridized carbons (Fsp3) is 0.100. The number of phenols is 1. The van der Waals surface area contributed by atoms with Gasteiger partial charge in [0.1, 0.15) is 0 Å². The number of hydrogen-bond acceptors (Lipinski definition) is 5. The van der Waals surface area contributed by atoms with Gasteiger partial charge in [0, 0.05) is 6.07 Å². The van der Waals surface area contributed by atoms with Crippen molar-refractivity contribution in [2.24, 2.45) is 0 Å². The molecule has 3 N–H and O–H groups in total. The maximum Gasteiger partial charge on any atom is 0.230 e. The molecule has 2 rings (SSSR count). The van der Waals surface area contributed by atoms with Crippen molar-refractivity contribution < 1.29 is 23.1 Å². The van der Waals surface area contributed by atoms with Crippen LogP contribution in [-0.4, -0.2) is 17.4 Å². The zero-order valence-electron chi connectivity index (χ0n) is 8.70. The van der Waals surface area contributed by atoms with Gasteiger partial charge in [0.15, 0.2) is 23.1 Å². The minimum Gasteiger partial charge on any atom is -0.505 e. The fourth-order valence-electron chi connectivity index (χ4n) is 1.42. The molecule has 0 aliphatic rings. The van der Waals surface area contributed by atoms with Crippen LogP contribution in [0.25, 0.3) is 11.1 Å². The molecule has 1 heterocycles. The minimum absolute atomic E-state index is 0.0887. The molecule has 0 atom stereocenters. The van der Waals surface area contributed by atoms with Crippen molar-refractivity contribution in [2.45, 2.75) is 0 Å². The molecule has 0 fully saturated rings. The largest absolute Gasteiger partial charge is 0.505 e. The molecule has 7 heteroatoms. The first-order valence-corrected chi connectivity index (χ1v) is 4.51. The number of aromatic nitrogens is 1. The molecule has 0 spiro atoms. The molecule has 0 radical (unpaired) electrons. The maximum absolute atomic E-state index is 13.9. The van der Waals surface area contributed by atoms with Crippen LogP contribution >= 0.6 is 0 Å². The molecule has 0 aliphatic carbocycles. The van der Waals surface area contributed by atoms with Gasteiger partial charge in [-0.3, -0.25) is 0 Å². The molecular weight excluding hydrogens is 234 g/mol. The number of nitrogen functional groups attached to an aromatic ring is 1. The highest BCUT2D eigenvalue weighted by Crippen LogP contribution is 2.38. The second-order valence-corrected chi connectivity index (χ2v) is 3.20. The molecule has 1 aromatic carbocycles. The smallest absolute Gasteiger partial charge is 0.230 e. The Balaban J connectivity index is 2.76. The highest BCUT2D eigenvalue weighted by molar-refractivity contribution is 5.75. The van der Waals surface area contributed by atoms with Gasteiger partial charge in [0.05, 0.1) is 24.4 Å². The number of benzene rings is 1. The van der Waals surface area contributed by atoms with Crippen LogP contribution in [-0.2, 0) is 0 Å². The van der Waals surface area contributed by atoms with Crippen LogP contribution in [0.4, 0.5) is 14.7 Å². The summed E-state index contributed by atoms with van der Waals surface area (Å²) in [6.07, 6.45) is 1.05. The Kier molecular flexibility index (Phi) is 2.58. The van der Waals surface area contributed by atoms with Crippen molar-refractivity contribution in [1.29, 1.82) is 0 Å². The molecule has 1 aromatic heterocycles. The number of anilines is 1. The first-order valence-electron chi connectivity index (χ1n) is 4.51. The number of rotatable bonds is 2. The first-order chi connectivity index (χ1) is 8.06. The number of aromatic hydroxyl groups is 1. The van der Waals surface area contributed by atoms with Crippen LogP contribution in [0, 0.1) is 11.6 Å². The lowest BCUT2D eigenvalue weighted by Crippen LogP contribution is -1.97. The quantitative estimate of drug-likeness (QED) is 0.840. The third-order valence-electron chi connectivity index (χ3n) is 2.24. The lowest BCUT2D eigenvalue weighted by Gasteiger charge is -2.09. The normalized spacial score (nSPS) is 10.5. The number of phenolic OH excluding ortho intramolecular Hbond substituents is 1. The molecule has 0 saturated heterocycles. The van der Waals surface area contributed by atoms with Crippen molar-refractivity contribution >= 4 is 5.88 Å². The van der Waals surface area contributed by atoms with Crippen LogP contribution in [0.5, 0.6) is 11.5 Å². The highest BCUT2D eigenvalue weighted by Gasteiger charge is 2.23. The van der Waals surface area contributed by atoms with Crippen LogP contribution < -0.4 is 10.5 Å². The van der Waals surface area contributed by atoms with Gasteiger partial charge in [-0.2, -0.15) is 0 Å². The number of halogens is 2. The molecule has 17 heavy (non-hydrogen) atoms. The zero-order chi connectivity index (χ0) is 12.6. The van der Waals surface area contributed by atoms with Crippen molar-refractivity contribution in [2.75, 3.05) is 12.8 Å². The highest BCUT2D eigenvalue weighted by atomic mass is 19.1. The van der Waals surface area contributed by atoms with Gasteiger partial charge in [-0.15, -0.1) is 0 Å². The summed E-state index contributed by atoms with van der Waals surface area (Å²) >= 11 is 0. The Morgan fingerprint density at radius 2 is 2.12 bits per heavy atom. The Morgan fingerprint density at radius 1 is 1.41 bits per heavy atom. The van der Waals surface area contributed by atoms with E-state index in [1.165, 1.54) is 7.11 Å². The Morgan fingerprint density at radius 3 is 2.65 bits per heavy atom. The Hall–Kier alpha value is -2.31. The van der Waals surface area contributed by atoms with E-state index in [1.807, 2.05) is 0 Å². The van der Waals surface area contributed by atoms with Gasteiger partial charge >= 0.3 is 0 Å². The molecule has 0 amide bonds. The molecular formula is C10H8F2N2O3. The van der Waals surface area contributed by atoms with Gasteiger partial charge in [-0.05, 0) is 0 Å². The molecule has 0 aliphatic heterocycles. The van der Waals surface area contributed by atoms with E-state index in [2.05, 4.69) is 14.4 Å². The summed E-state index contributed by atoms with van der Waals surface area (Å²) in [5, 5.41) is 12.6. The summed E-state index contributed by atoms with van der Waals surface area (Å²) in [7, 11) is 1.19. The third kappa shape index (κ3) is 1.65. The van der Waals surface area contributed by atoms with E-state index in [-0.39, 0.29) is 17.2 Å². The van der Waals surface area contributed by atoms with E-state index < -0.39 is 22.9 Å². The second kappa shape index (κ2) is 3.93. The molecule has 5 nitrogen and oxygen atoms in total. The van der Waals surface area contributed by atoms with Crippen LogP contribution in [0.1, 0.15) is 0 Å². The van der Waals surface area contributed by atoms with Gasteiger partial charge in [-0.25, -0.2) is 8.78 Å². The SMILES string of the molecule is COc1cc(O)c(F)c(-c2cnoc2N)c1F. The summed E-state index contributed by atoms with van der Waals surface area (Å²) in [6, 6.07) is 0.831. The second-order valence-electron chi connectivity index (χ2n) is 3.20. The summed E-state index contributed by atoms with van der Waals surface area (Å²) in [5.41, 5.74) is 4.74. The van der Waals surface area contributed by atoms with Crippen LogP contribution in [0.2, 0.25) is 0 Å². The number of nitrogens with zero attached hydrogens (tertiary/aromatic N) is 1. The van der Waals surface area contributed by atoms with Gasteiger partial charge in [0.25, 0.3) is 0 Å². The summed E-state index contributed by atoms with van der Waals surface area (Å²) < 4.78 is 36.7. The molecule has 0 bridgehead atoms. The lowest BCUT2D eigenvalue weighted by molar-refractivity contribution is 0.372. The lowest BCUT2D eigenvalue weighted by atomic mass is 10.1. The predicted molar refractivity (Wildman–Crippen MR) is 54.5 cm³/mol. The monoisotopic (exact) mass is 242 g/mol. The minimum atomic E-state index is -1.15. The fourth-order valence-corrected chi connectivity index (χ4v) is 1.42. The molecule has 2 aromatic rings. The van der Waals surface area contributed by atoms with Gasteiger partial charge < -0.3 is 20.1 Å². The van der Waals surface area contributed by atoms with E-state index in [1.54, 1.807) is 0 Å². The standard InChI is InChI=1S/C10H8F2N2O3/c1-16-6-2-5(15)8(11)7(9(6)12)4-3-14-17-10(4)13/h2-3,15H,13H2,1H3. The Bertz CT molecular complexity index is 569. The van der Waals surface area contributed by atoms with E-state index in [4.69, 9.17) is 5.73 Å². The predicted octanol–water partition coefficient (Wildman–Crippen LogP) is 1.92. The van der Waals surface area contributed by atoms with E-state index in [0.29, 0.717) is 0 Å².